The molecule has 0 unspecified atom stereocenters. The lowest BCUT2D eigenvalue weighted by molar-refractivity contribution is -0.115. The minimum Gasteiger partial charge on any atom is -0.357 e. The molecule has 5 nitrogen and oxygen atoms in total. The first-order valence-corrected chi connectivity index (χ1v) is 7.89. The molecule has 0 aliphatic carbocycles. The van der Waals surface area contributed by atoms with E-state index in [4.69, 9.17) is 0 Å². The zero-order valence-electron chi connectivity index (χ0n) is 13.9. The van der Waals surface area contributed by atoms with E-state index in [2.05, 4.69) is 20.9 Å². The molecular weight excluding hydrogens is 326 g/mol. The Morgan fingerprint density at radius 1 is 1.08 bits per heavy atom. The zero-order chi connectivity index (χ0) is 18.1. The van der Waals surface area contributed by atoms with Gasteiger partial charge in [-0.2, -0.15) is 0 Å². The van der Waals surface area contributed by atoms with Crippen LogP contribution in [0, 0.1) is 11.6 Å². The highest BCUT2D eigenvalue weighted by Gasteiger charge is 2.06. The average molecular weight is 346 g/mol. The topological polar surface area (TPSA) is 65.5 Å². The summed E-state index contributed by atoms with van der Waals surface area (Å²) in [6.07, 6.45) is 0. The molecule has 0 aromatic heterocycles. The number of rotatable bonds is 6. The summed E-state index contributed by atoms with van der Waals surface area (Å²) in [6, 6.07) is 12.0. The Labute approximate surface area is 145 Å². The van der Waals surface area contributed by atoms with Crippen LogP contribution in [0.5, 0.6) is 0 Å². The van der Waals surface area contributed by atoms with Crippen LogP contribution in [0.4, 0.5) is 14.5 Å². The van der Waals surface area contributed by atoms with E-state index in [1.807, 2.05) is 6.92 Å². The first-order chi connectivity index (χ1) is 12.1. The monoisotopic (exact) mass is 346 g/mol. The van der Waals surface area contributed by atoms with Crippen molar-refractivity contribution in [3.63, 3.8) is 0 Å². The zero-order valence-corrected chi connectivity index (χ0v) is 13.9. The summed E-state index contributed by atoms with van der Waals surface area (Å²) in [7, 11) is 0. The van der Waals surface area contributed by atoms with Crippen LogP contribution in [0.25, 0.3) is 0 Å². The number of halogens is 2. The number of nitrogens with one attached hydrogen (secondary N) is 3. The number of guanidine groups is 1. The number of aliphatic imine (C=N–C) groups is 1. The normalized spacial score (nSPS) is 11.1. The number of benzene rings is 2. The third-order valence-electron chi connectivity index (χ3n) is 3.23. The second-order valence-electron chi connectivity index (χ2n) is 5.20. The molecule has 3 N–H and O–H groups in total. The molecule has 0 bridgehead atoms. The van der Waals surface area contributed by atoms with Gasteiger partial charge in [0.05, 0.1) is 13.1 Å². The van der Waals surface area contributed by atoms with E-state index >= 15 is 0 Å². The molecule has 0 spiro atoms. The van der Waals surface area contributed by atoms with Crippen LogP contribution < -0.4 is 16.0 Å². The van der Waals surface area contributed by atoms with Gasteiger partial charge < -0.3 is 16.0 Å². The average Bonchev–Trinajstić information content (AvgIpc) is 2.58. The van der Waals surface area contributed by atoms with Gasteiger partial charge in [0.1, 0.15) is 11.6 Å². The Bertz CT molecular complexity index is 749. The Morgan fingerprint density at radius 2 is 1.88 bits per heavy atom. The SMILES string of the molecule is CCNC(=NCc1ccccc1F)NCC(=O)Nc1cccc(F)c1. The van der Waals surface area contributed by atoms with E-state index in [-0.39, 0.29) is 24.8 Å². The number of carbonyl (C=O) groups is 1. The van der Waals surface area contributed by atoms with E-state index in [0.717, 1.165) is 0 Å². The molecule has 7 heteroatoms. The van der Waals surface area contributed by atoms with E-state index in [1.165, 1.54) is 24.3 Å². The van der Waals surface area contributed by atoms with Crippen molar-refractivity contribution in [3.8, 4) is 0 Å². The van der Waals surface area contributed by atoms with Crippen LogP contribution >= 0.6 is 0 Å². The molecule has 0 heterocycles. The lowest BCUT2D eigenvalue weighted by Gasteiger charge is -2.11. The summed E-state index contributed by atoms with van der Waals surface area (Å²) in [5.74, 6) is -0.710. The van der Waals surface area contributed by atoms with Crippen molar-refractivity contribution in [2.75, 3.05) is 18.4 Å². The Hall–Kier alpha value is -2.96. The standard InChI is InChI=1S/C18H20F2N4O/c1-2-21-18(22-11-13-6-3-4-9-16(13)20)23-12-17(25)24-15-8-5-7-14(19)10-15/h3-10H,2,11-12H2,1H3,(H,24,25)(H2,21,22,23). The molecule has 0 saturated carbocycles. The largest absolute Gasteiger partial charge is 0.357 e. The van der Waals surface area contributed by atoms with Crippen molar-refractivity contribution in [1.29, 1.82) is 0 Å². The smallest absolute Gasteiger partial charge is 0.243 e. The maximum absolute atomic E-state index is 13.6. The van der Waals surface area contributed by atoms with E-state index in [0.29, 0.717) is 23.8 Å². The molecule has 2 rings (SSSR count). The third kappa shape index (κ3) is 6.21. The maximum Gasteiger partial charge on any atom is 0.243 e. The minimum absolute atomic E-state index is 0.0559. The van der Waals surface area contributed by atoms with Crippen LogP contribution in [0.15, 0.2) is 53.5 Å². The van der Waals surface area contributed by atoms with Crippen molar-refractivity contribution in [2.24, 2.45) is 4.99 Å². The summed E-state index contributed by atoms with van der Waals surface area (Å²) in [4.78, 5) is 16.2. The van der Waals surface area contributed by atoms with Crippen LogP contribution in [0.3, 0.4) is 0 Å². The van der Waals surface area contributed by atoms with Crippen LogP contribution in [-0.4, -0.2) is 25.0 Å². The fourth-order valence-electron chi connectivity index (χ4n) is 2.07. The molecule has 0 fully saturated rings. The van der Waals surface area contributed by atoms with Gasteiger partial charge in [-0.25, -0.2) is 13.8 Å². The van der Waals surface area contributed by atoms with Gasteiger partial charge in [0, 0.05) is 17.8 Å². The summed E-state index contributed by atoms with van der Waals surface area (Å²) >= 11 is 0. The molecule has 132 valence electrons. The van der Waals surface area contributed by atoms with Gasteiger partial charge in [-0.1, -0.05) is 24.3 Å². The van der Waals surface area contributed by atoms with Gasteiger partial charge in [0.15, 0.2) is 5.96 Å². The lowest BCUT2D eigenvalue weighted by Crippen LogP contribution is -2.41. The van der Waals surface area contributed by atoms with Crippen molar-refractivity contribution in [3.05, 3.63) is 65.7 Å². The van der Waals surface area contributed by atoms with Gasteiger partial charge in [-0.05, 0) is 31.2 Å². The summed E-state index contributed by atoms with van der Waals surface area (Å²) in [5.41, 5.74) is 0.837. The van der Waals surface area contributed by atoms with Crippen LogP contribution in [-0.2, 0) is 11.3 Å². The quantitative estimate of drug-likeness (QED) is 0.557. The first kappa shape index (κ1) is 18.4. The Morgan fingerprint density at radius 3 is 2.60 bits per heavy atom. The summed E-state index contributed by atoms with van der Waals surface area (Å²) in [6.45, 7) is 2.56. The fraction of sp³-hybridized carbons (Fsp3) is 0.222. The van der Waals surface area contributed by atoms with E-state index in [9.17, 15) is 13.6 Å². The fourth-order valence-corrected chi connectivity index (χ4v) is 2.07. The molecule has 1 amide bonds. The number of hydrogen-bond donors (Lipinski definition) is 3. The van der Waals surface area contributed by atoms with Gasteiger partial charge in [-0.15, -0.1) is 0 Å². The predicted molar refractivity (Wildman–Crippen MR) is 94.2 cm³/mol. The van der Waals surface area contributed by atoms with Gasteiger partial charge in [0.25, 0.3) is 0 Å². The Balaban J connectivity index is 1.91. The van der Waals surface area contributed by atoms with E-state index in [1.54, 1.807) is 24.3 Å². The Kier molecular flexibility index (Phi) is 6.88. The molecule has 2 aromatic rings. The second kappa shape index (κ2) is 9.36. The molecule has 0 aliphatic rings. The molecule has 0 saturated heterocycles. The summed E-state index contributed by atoms with van der Waals surface area (Å²) in [5, 5.41) is 8.41. The van der Waals surface area contributed by atoms with E-state index < -0.39 is 5.82 Å². The molecule has 25 heavy (non-hydrogen) atoms. The number of nitrogens with zero attached hydrogens (tertiary/aromatic N) is 1. The maximum atomic E-state index is 13.6. The molecular formula is C18H20F2N4O. The van der Waals surface area contributed by atoms with Crippen LogP contribution in [0.2, 0.25) is 0 Å². The number of carbonyl (C=O) groups excluding carboxylic acids is 1. The van der Waals surface area contributed by atoms with Crippen LogP contribution in [0.1, 0.15) is 12.5 Å². The summed E-state index contributed by atoms with van der Waals surface area (Å²) < 4.78 is 26.7. The highest BCUT2D eigenvalue weighted by Crippen LogP contribution is 2.09. The van der Waals surface area contributed by atoms with Gasteiger partial charge in [0.2, 0.25) is 5.91 Å². The molecule has 0 aliphatic heterocycles. The third-order valence-corrected chi connectivity index (χ3v) is 3.23. The molecule has 2 aromatic carbocycles. The highest BCUT2D eigenvalue weighted by atomic mass is 19.1. The first-order valence-electron chi connectivity index (χ1n) is 7.89. The molecule has 0 atom stereocenters. The second-order valence-corrected chi connectivity index (χ2v) is 5.20. The predicted octanol–water partition coefficient (Wildman–Crippen LogP) is 2.66. The van der Waals surface area contributed by atoms with Crippen molar-refractivity contribution in [2.45, 2.75) is 13.5 Å². The van der Waals surface area contributed by atoms with Gasteiger partial charge in [-0.3, -0.25) is 4.79 Å². The minimum atomic E-state index is -0.425. The van der Waals surface area contributed by atoms with Crippen molar-refractivity contribution < 1.29 is 13.6 Å². The number of anilines is 1. The number of amides is 1. The van der Waals surface area contributed by atoms with Crippen molar-refractivity contribution >= 4 is 17.6 Å². The van der Waals surface area contributed by atoms with Gasteiger partial charge >= 0.3 is 0 Å². The highest BCUT2D eigenvalue weighted by molar-refractivity contribution is 5.94. The van der Waals surface area contributed by atoms with Crippen molar-refractivity contribution in [1.82, 2.24) is 10.6 Å². The number of hydrogen-bond acceptors (Lipinski definition) is 2. The lowest BCUT2D eigenvalue weighted by atomic mass is 10.2. The molecule has 0 radical (unpaired) electrons.